The van der Waals surface area contributed by atoms with Crippen molar-refractivity contribution in [3.05, 3.63) is 71.5 Å². The minimum absolute atomic E-state index is 0.107. The van der Waals surface area contributed by atoms with Crippen molar-refractivity contribution in [3.63, 3.8) is 0 Å². The highest BCUT2D eigenvalue weighted by molar-refractivity contribution is 5.83. The molecule has 2 aromatic carbocycles. The molecule has 0 saturated heterocycles. The molecule has 0 unspecified atom stereocenters. The second-order valence-corrected chi connectivity index (χ2v) is 5.25. The molecule has 6 heteroatoms. The van der Waals surface area contributed by atoms with Crippen molar-refractivity contribution < 1.29 is 14.0 Å². The lowest BCUT2D eigenvalue weighted by Crippen LogP contribution is -2.42. The predicted molar refractivity (Wildman–Crippen MR) is 89.8 cm³/mol. The Bertz CT molecular complexity index is 677. The molecule has 0 aliphatic carbocycles. The van der Waals surface area contributed by atoms with Gasteiger partial charge in [0.1, 0.15) is 5.82 Å². The van der Waals surface area contributed by atoms with Crippen LogP contribution in [-0.2, 0) is 17.8 Å². The molecule has 0 atom stereocenters. The Morgan fingerprint density at radius 2 is 1.62 bits per heavy atom. The van der Waals surface area contributed by atoms with Crippen LogP contribution in [0.1, 0.15) is 11.1 Å². The molecule has 0 aliphatic heterocycles. The van der Waals surface area contributed by atoms with Crippen molar-refractivity contribution in [2.45, 2.75) is 13.0 Å². The standard InChI is InChI=1S/C18H20FN3O2/c19-16-8-4-7-15(11-16)12-21-18(24)22-13-17(23)20-10-9-14-5-2-1-3-6-14/h1-8,11H,9-10,12-13H2,(H,20,23)(H2,21,22,24). The minimum Gasteiger partial charge on any atom is -0.354 e. The van der Waals surface area contributed by atoms with Gasteiger partial charge in [0, 0.05) is 13.1 Å². The Labute approximate surface area is 140 Å². The molecule has 3 N–H and O–H groups in total. The maximum absolute atomic E-state index is 13.0. The third-order valence-electron chi connectivity index (χ3n) is 3.33. The van der Waals surface area contributed by atoms with Gasteiger partial charge < -0.3 is 16.0 Å². The summed E-state index contributed by atoms with van der Waals surface area (Å²) in [7, 11) is 0. The van der Waals surface area contributed by atoms with E-state index in [0.717, 1.165) is 12.0 Å². The Kier molecular flexibility index (Phi) is 6.76. The smallest absolute Gasteiger partial charge is 0.315 e. The Hall–Kier alpha value is -2.89. The van der Waals surface area contributed by atoms with E-state index in [2.05, 4.69) is 16.0 Å². The molecule has 0 aromatic heterocycles. The maximum atomic E-state index is 13.0. The van der Waals surface area contributed by atoms with Gasteiger partial charge in [-0.3, -0.25) is 4.79 Å². The van der Waals surface area contributed by atoms with Crippen LogP contribution in [0.5, 0.6) is 0 Å². The van der Waals surface area contributed by atoms with Gasteiger partial charge in [-0.25, -0.2) is 9.18 Å². The second-order valence-electron chi connectivity index (χ2n) is 5.25. The molecule has 0 spiro atoms. The fourth-order valence-electron chi connectivity index (χ4n) is 2.11. The van der Waals surface area contributed by atoms with Crippen molar-refractivity contribution in [1.82, 2.24) is 16.0 Å². The molecular formula is C18H20FN3O2. The van der Waals surface area contributed by atoms with Crippen LogP contribution in [0, 0.1) is 5.82 Å². The maximum Gasteiger partial charge on any atom is 0.315 e. The van der Waals surface area contributed by atoms with Crippen molar-refractivity contribution in [3.8, 4) is 0 Å². The van der Waals surface area contributed by atoms with E-state index in [1.807, 2.05) is 30.3 Å². The molecule has 0 heterocycles. The first kappa shape index (κ1) is 17.5. The van der Waals surface area contributed by atoms with Gasteiger partial charge in [0.2, 0.25) is 5.91 Å². The minimum atomic E-state index is -0.475. The largest absolute Gasteiger partial charge is 0.354 e. The quantitative estimate of drug-likeness (QED) is 0.727. The molecule has 0 aliphatic rings. The number of urea groups is 1. The summed E-state index contributed by atoms with van der Waals surface area (Å²) in [5, 5.41) is 7.76. The van der Waals surface area contributed by atoms with Gasteiger partial charge in [-0.2, -0.15) is 0 Å². The fraction of sp³-hybridized carbons (Fsp3) is 0.222. The normalized spacial score (nSPS) is 10.0. The SMILES string of the molecule is O=C(CNC(=O)NCc1cccc(F)c1)NCCc1ccccc1. The summed E-state index contributed by atoms with van der Waals surface area (Å²) >= 11 is 0. The molecule has 2 aromatic rings. The first-order valence-corrected chi connectivity index (χ1v) is 7.70. The van der Waals surface area contributed by atoms with Crippen molar-refractivity contribution in [2.75, 3.05) is 13.1 Å². The first-order valence-electron chi connectivity index (χ1n) is 7.70. The second kappa shape index (κ2) is 9.29. The summed E-state index contributed by atoms with van der Waals surface area (Å²) in [6.07, 6.45) is 0.734. The van der Waals surface area contributed by atoms with E-state index in [1.54, 1.807) is 12.1 Å². The number of nitrogens with one attached hydrogen (secondary N) is 3. The average molecular weight is 329 g/mol. The van der Waals surface area contributed by atoms with Crippen molar-refractivity contribution in [1.29, 1.82) is 0 Å². The van der Waals surface area contributed by atoms with E-state index in [-0.39, 0.29) is 24.8 Å². The van der Waals surface area contributed by atoms with Crippen molar-refractivity contribution in [2.24, 2.45) is 0 Å². The number of carbonyl (C=O) groups excluding carboxylic acids is 2. The van der Waals surface area contributed by atoms with E-state index in [9.17, 15) is 14.0 Å². The molecule has 0 radical (unpaired) electrons. The fourth-order valence-corrected chi connectivity index (χ4v) is 2.11. The summed E-state index contributed by atoms with van der Waals surface area (Å²) in [4.78, 5) is 23.3. The van der Waals surface area contributed by atoms with Crippen LogP contribution >= 0.6 is 0 Å². The van der Waals surface area contributed by atoms with Gasteiger partial charge in [0.15, 0.2) is 0 Å². The third kappa shape index (κ3) is 6.48. The molecule has 0 saturated carbocycles. The molecule has 2 rings (SSSR count). The van der Waals surface area contributed by atoms with Crippen LogP contribution in [0.15, 0.2) is 54.6 Å². The van der Waals surface area contributed by atoms with Gasteiger partial charge in [-0.05, 0) is 29.7 Å². The van der Waals surface area contributed by atoms with Gasteiger partial charge in [-0.15, -0.1) is 0 Å². The lowest BCUT2D eigenvalue weighted by atomic mass is 10.1. The predicted octanol–water partition coefficient (Wildman–Crippen LogP) is 1.98. The summed E-state index contributed by atoms with van der Waals surface area (Å²) in [5.41, 5.74) is 1.79. The van der Waals surface area contributed by atoms with Crippen LogP contribution < -0.4 is 16.0 Å². The number of amides is 3. The molecule has 126 valence electrons. The summed E-state index contributed by atoms with van der Waals surface area (Å²) < 4.78 is 13.0. The average Bonchev–Trinajstić information content (AvgIpc) is 2.59. The zero-order chi connectivity index (χ0) is 17.2. The molecule has 5 nitrogen and oxygen atoms in total. The van der Waals surface area contributed by atoms with Gasteiger partial charge in [0.25, 0.3) is 0 Å². The molecule has 0 fully saturated rings. The van der Waals surface area contributed by atoms with E-state index in [4.69, 9.17) is 0 Å². The Morgan fingerprint density at radius 1 is 0.875 bits per heavy atom. The lowest BCUT2D eigenvalue weighted by molar-refractivity contribution is -0.120. The van der Waals surface area contributed by atoms with Crippen LogP contribution in [0.4, 0.5) is 9.18 Å². The monoisotopic (exact) mass is 329 g/mol. The van der Waals surface area contributed by atoms with Gasteiger partial charge >= 0.3 is 6.03 Å². The summed E-state index contributed by atoms with van der Waals surface area (Å²) in [6.45, 7) is 0.596. The zero-order valence-corrected chi connectivity index (χ0v) is 13.2. The number of hydrogen-bond acceptors (Lipinski definition) is 2. The highest BCUT2D eigenvalue weighted by atomic mass is 19.1. The van der Waals surface area contributed by atoms with Crippen LogP contribution in [-0.4, -0.2) is 25.0 Å². The molecule has 3 amide bonds. The zero-order valence-electron chi connectivity index (χ0n) is 13.2. The summed E-state index contributed by atoms with van der Waals surface area (Å²) in [5.74, 6) is -0.612. The van der Waals surface area contributed by atoms with E-state index in [1.165, 1.54) is 12.1 Å². The van der Waals surface area contributed by atoms with E-state index in [0.29, 0.717) is 12.1 Å². The van der Waals surface area contributed by atoms with Gasteiger partial charge in [0.05, 0.1) is 6.54 Å². The highest BCUT2D eigenvalue weighted by Crippen LogP contribution is 2.02. The number of carbonyl (C=O) groups is 2. The van der Waals surface area contributed by atoms with E-state index < -0.39 is 6.03 Å². The Morgan fingerprint density at radius 3 is 2.38 bits per heavy atom. The Balaban J connectivity index is 1.60. The lowest BCUT2D eigenvalue weighted by Gasteiger charge is -2.08. The number of halogens is 1. The molecular weight excluding hydrogens is 309 g/mol. The van der Waals surface area contributed by atoms with Gasteiger partial charge in [-0.1, -0.05) is 42.5 Å². The highest BCUT2D eigenvalue weighted by Gasteiger charge is 2.05. The number of benzene rings is 2. The number of rotatable bonds is 7. The van der Waals surface area contributed by atoms with E-state index >= 15 is 0 Å². The third-order valence-corrected chi connectivity index (χ3v) is 3.33. The molecule has 24 heavy (non-hydrogen) atoms. The molecule has 0 bridgehead atoms. The number of hydrogen-bond donors (Lipinski definition) is 3. The van der Waals surface area contributed by atoms with Crippen LogP contribution in [0.3, 0.4) is 0 Å². The van der Waals surface area contributed by atoms with Crippen LogP contribution in [0.2, 0.25) is 0 Å². The van der Waals surface area contributed by atoms with Crippen molar-refractivity contribution >= 4 is 11.9 Å². The van der Waals surface area contributed by atoms with Crippen LogP contribution in [0.25, 0.3) is 0 Å². The first-order chi connectivity index (χ1) is 11.6. The topological polar surface area (TPSA) is 70.2 Å². The summed E-state index contributed by atoms with van der Waals surface area (Å²) in [6, 6.07) is 15.3.